The van der Waals surface area contributed by atoms with Crippen LogP contribution in [0.1, 0.15) is 37.3 Å². The van der Waals surface area contributed by atoms with Crippen molar-refractivity contribution in [2.24, 2.45) is 5.73 Å². The summed E-state index contributed by atoms with van der Waals surface area (Å²) in [7, 11) is 0. The molecular weight excluding hydrogens is 208 g/mol. The second-order valence-electron chi connectivity index (χ2n) is 5.02. The monoisotopic (exact) mass is 232 g/mol. The Morgan fingerprint density at radius 2 is 2.06 bits per heavy atom. The van der Waals surface area contributed by atoms with Gasteiger partial charge in [0.25, 0.3) is 0 Å². The third-order valence-corrected chi connectivity index (χ3v) is 3.79. The third-order valence-electron chi connectivity index (χ3n) is 3.79. The standard InChI is InChI=1S/C15H24N2/c1-2-6-15(11-16)17-10-5-9-13-7-3-4-8-14(13)12-17/h3-4,7-8,15H,2,5-6,9-12,16H2,1H3. The van der Waals surface area contributed by atoms with Crippen molar-refractivity contribution in [2.45, 2.75) is 45.2 Å². The maximum Gasteiger partial charge on any atom is 0.0239 e. The van der Waals surface area contributed by atoms with Gasteiger partial charge in [0.1, 0.15) is 0 Å². The second kappa shape index (κ2) is 6.18. The van der Waals surface area contributed by atoms with Crippen LogP contribution in [-0.4, -0.2) is 24.0 Å². The van der Waals surface area contributed by atoms with Gasteiger partial charge in [0.15, 0.2) is 0 Å². The van der Waals surface area contributed by atoms with Gasteiger partial charge in [-0.1, -0.05) is 37.6 Å². The normalized spacial score (nSPS) is 18.5. The van der Waals surface area contributed by atoms with Gasteiger partial charge in [-0.2, -0.15) is 0 Å². The molecule has 1 aromatic rings. The minimum atomic E-state index is 0.561. The predicted molar refractivity (Wildman–Crippen MR) is 72.9 cm³/mol. The highest BCUT2D eigenvalue weighted by Gasteiger charge is 2.20. The van der Waals surface area contributed by atoms with Crippen LogP contribution < -0.4 is 5.73 Å². The van der Waals surface area contributed by atoms with E-state index in [1.165, 1.54) is 43.4 Å². The summed E-state index contributed by atoms with van der Waals surface area (Å²) >= 11 is 0. The Kier molecular flexibility index (Phi) is 4.57. The molecular formula is C15H24N2. The van der Waals surface area contributed by atoms with Crippen LogP contribution >= 0.6 is 0 Å². The molecule has 0 amide bonds. The van der Waals surface area contributed by atoms with Gasteiger partial charge in [-0.25, -0.2) is 0 Å². The van der Waals surface area contributed by atoms with Gasteiger partial charge in [0.2, 0.25) is 0 Å². The first-order chi connectivity index (χ1) is 8.35. The average molecular weight is 232 g/mol. The fraction of sp³-hybridized carbons (Fsp3) is 0.600. The summed E-state index contributed by atoms with van der Waals surface area (Å²) in [5, 5.41) is 0. The molecule has 2 heteroatoms. The summed E-state index contributed by atoms with van der Waals surface area (Å²) in [5.74, 6) is 0. The molecule has 0 saturated heterocycles. The minimum absolute atomic E-state index is 0.561. The quantitative estimate of drug-likeness (QED) is 0.864. The fourth-order valence-electron chi connectivity index (χ4n) is 2.82. The zero-order valence-electron chi connectivity index (χ0n) is 10.9. The van der Waals surface area contributed by atoms with Gasteiger partial charge in [0.05, 0.1) is 0 Å². The van der Waals surface area contributed by atoms with Crippen molar-refractivity contribution < 1.29 is 0 Å². The Balaban J connectivity index is 2.11. The molecule has 0 radical (unpaired) electrons. The number of aryl methyl sites for hydroxylation is 1. The number of hydrogen-bond donors (Lipinski definition) is 1. The zero-order chi connectivity index (χ0) is 12.1. The Hall–Kier alpha value is -0.860. The SMILES string of the molecule is CCCC(CN)N1CCCc2ccccc2C1. The molecule has 0 aromatic heterocycles. The number of nitrogens with two attached hydrogens (primary N) is 1. The Labute approximate surface area is 105 Å². The summed E-state index contributed by atoms with van der Waals surface area (Å²) in [6.07, 6.45) is 4.92. The molecule has 0 bridgehead atoms. The number of nitrogens with zero attached hydrogens (tertiary/aromatic N) is 1. The molecule has 1 aliphatic rings. The maximum atomic E-state index is 5.92. The van der Waals surface area contributed by atoms with Gasteiger partial charge in [-0.3, -0.25) is 4.90 Å². The lowest BCUT2D eigenvalue weighted by atomic mass is 10.0. The smallest absolute Gasteiger partial charge is 0.0239 e. The lowest BCUT2D eigenvalue weighted by molar-refractivity contribution is 0.184. The van der Waals surface area contributed by atoms with Crippen molar-refractivity contribution in [3.8, 4) is 0 Å². The van der Waals surface area contributed by atoms with Crippen LogP contribution in [0, 0.1) is 0 Å². The molecule has 2 nitrogen and oxygen atoms in total. The van der Waals surface area contributed by atoms with E-state index in [0.29, 0.717) is 6.04 Å². The molecule has 1 aromatic carbocycles. The predicted octanol–water partition coefficient (Wildman–Crippen LogP) is 2.56. The van der Waals surface area contributed by atoms with E-state index in [-0.39, 0.29) is 0 Å². The first kappa shape index (κ1) is 12.6. The molecule has 1 unspecified atom stereocenters. The van der Waals surface area contributed by atoms with Crippen LogP contribution in [0.4, 0.5) is 0 Å². The first-order valence-electron chi connectivity index (χ1n) is 6.86. The third kappa shape index (κ3) is 3.08. The van der Waals surface area contributed by atoms with Crippen LogP contribution in [0.5, 0.6) is 0 Å². The van der Waals surface area contributed by atoms with Crippen LogP contribution in [0.15, 0.2) is 24.3 Å². The summed E-state index contributed by atoms with van der Waals surface area (Å²) in [6.45, 7) is 5.30. The van der Waals surface area contributed by atoms with Crippen LogP contribution in [0.3, 0.4) is 0 Å². The lowest BCUT2D eigenvalue weighted by Crippen LogP contribution is -2.40. The van der Waals surface area contributed by atoms with Crippen LogP contribution in [-0.2, 0) is 13.0 Å². The minimum Gasteiger partial charge on any atom is -0.329 e. The molecule has 17 heavy (non-hydrogen) atoms. The summed E-state index contributed by atoms with van der Waals surface area (Å²) in [6, 6.07) is 9.41. The summed E-state index contributed by atoms with van der Waals surface area (Å²) < 4.78 is 0. The molecule has 0 fully saturated rings. The summed E-state index contributed by atoms with van der Waals surface area (Å²) in [5.41, 5.74) is 8.95. The van der Waals surface area contributed by atoms with E-state index in [0.717, 1.165) is 13.1 Å². The molecule has 2 rings (SSSR count). The molecule has 0 saturated carbocycles. The molecule has 1 atom stereocenters. The van der Waals surface area contributed by atoms with Crippen molar-refractivity contribution in [2.75, 3.05) is 13.1 Å². The number of fused-ring (bicyclic) bond motifs is 1. The maximum absolute atomic E-state index is 5.92. The fourth-order valence-corrected chi connectivity index (χ4v) is 2.82. The highest BCUT2D eigenvalue weighted by Crippen LogP contribution is 2.21. The van der Waals surface area contributed by atoms with Crippen LogP contribution in [0.25, 0.3) is 0 Å². The molecule has 1 heterocycles. The molecule has 94 valence electrons. The van der Waals surface area contributed by atoms with E-state index in [1.54, 1.807) is 0 Å². The van der Waals surface area contributed by atoms with E-state index in [4.69, 9.17) is 5.73 Å². The van der Waals surface area contributed by atoms with Crippen molar-refractivity contribution in [1.29, 1.82) is 0 Å². The van der Waals surface area contributed by atoms with Crippen molar-refractivity contribution >= 4 is 0 Å². The highest BCUT2D eigenvalue weighted by molar-refractivity contribution is 5.28. The van der Waals surface area contributed by atoms with Gasteiger partial charge in [-0.05, 0) is 36.9 Å². The number of hydrogen-bond acceptors (Lipinski definition) is 2. The Morgan fingerprint density at radius 3 is 2.76 bits per heavy atom. The van der Waals surface area contributed by atoms with Crippen molar-refractivity contribution in [1.82, 2.24) is 4.90 Å². The molecule has 1 aliphatic heterocycles. The zero-order valence-corrected chi connectivity index (χ0v) is 10.9. The number of rotatable bonds is 4. The summed E-state index contributed by atoms with van der Waals surface area (Å²) in [4.78, 5) is 2.58. The molecule has 0 spiro atoms. The van der Waals surface area contributed by atoms with E-state index < -0.39 is 0 Å². The second-order valence-corrected chi connectivity index (χ2v) is 5.02. The topological polar surface area (TPSA) is 29.3 Å². The van der Waals surface area contributed by atoms with E-state index >= 15 is 0 Å². The lowest BCUT2D eigenvalue weighted by Gasteiger charge is -2.29. The average Bonchev–Trinajstić information content (AvgIpc) is 2.57. The van der Waals surface area contributed by atoms with Crippen molar-refractivity contribution in [3.63, 3.8) is 0 Å². The number of benzene rings is 1. The van der Waals surface area contributed by atoms with E-state index in [9.17, 15) is 0 Å². The van der Waals surface area contributed by atoms with Crippen LogP contribution in [0.2, 0.25) is 0 Å². The van der Waals surface area contributed by atoms with E-state index in [1.807, 2.05) is 0 Å². The largest absolute Gasteiger partial charge is 0.329 e. The van der Waals surface area contributed by atoms with E-state index in [2.05, 4.69) is 36.1 Å². The van der Waals surface area contributed by atoms with Gasteiger partial charge >= 0.3 is 0 Å². The molecule has 2 N–H and O–H groups in total. The van der Waals surface area contributed by atoms with Crippen molar-refractivity contribution in [3.05, 3.63) is 35.4 Å². The van der Waals surface area contributed by atoms with Gasteiger partial charge in [-0.15, -0.1) is 0 Å². The van der Waals surface area contributed by atoms with Gasteiger partial charge in [0, 0.05) is 19.1 Å². The molecule has 0 aliphatic carbocycles. The first-order valence-corrected chi connectivity index (χ1v) is 6.86. The Morgan fingerprint density at radius 1 is 1.29 bits per heavy atom. The highest BCUT2D eigenvalue weighted by atomic mass is 15.2. The van der Waals surface area contributed by atoms with Gasteiger partial charge < -0.3 is 5.73 Å². The Bertz CT molecular complexity index is 349.